The molecule has 0 aromatic rings. The maximum absolute atomic E-state index is 11.5. The van der Waals surface area contributed by atoms with Crippen LogP contribution in [0.3, 0.4) is 0 Å². The summed E-state index contributed by atoms with van der Waals surface area (Å²) in [5.74, 6) is 0.00934. The first-order valence-corrected chi connectivity index (χ1v) is 5.51. The number of rotatable bonds is 8. The first-order chi connectivity index (χ1) is 7.11. The summed E-state index contributed by atoms with van der Waals surface area (Å²) >= 11 is 0. The van der Waals surface area contributed by atoms with Gasteiger partial charge in [-0.1, -0.05) is 12.5 Å². The van der Waals surface area contributed by atoms with Crippen molar-refractivity contribution in [1.82, 2.24) is 0 Å². The van der Waals surface area contributed by atoms with Crippen molar-refractivity contribution in [2.45, 2.75) is 33.6 Å². The molecule has 88 valence electrons. The van der Waals surface area contributed by atoms with Crippen molar-refractivity contribution in [2.24, 2.45) is 5.92 Å². The Kier molecular flexibility index (Phi) is 8.24. The molecule has 0 heterocycles. The number of aliphatic hydroxyl groups is 1. The Bertz CT molecular complexity index is 209. The molecule has 0 saturated carbocycles. The van der Waals surface area contributed by atoms with Crippen molar-refractivity contribution in [3.8, 4) is 0 Å². The van der Waals surface area contributed by atoms with E-state index >= 15 is 0 Å². The van der Waals surface area contributed by atoms with Crippen LogP contribution in [-0.4, -0.2) is 30.7 Å². The molecule has 0 aromatic heterocycles. The molecule has 1 atom stereocenters. The van der Waals surface area contributed by atoms with Gasteiger partial charge in [-0.05, 0) is 32.8 Å². The lowest BCUT2D eigenvalue weighted by atomic mass is 10.0. The van der Waals surface area contributed by atoms with Gasteiger partial charge in [0.05, 0.1) is 6.61 Å². The molecule has 3 nitrogen and oxygen atoms in total. The maximum Gasteiger partial charge on any atom is 0.158 e. The number of aliphatic hydroxyl groups excluding tert-OH is 1. The van der Waals surface area contributed by atoms with Crippen LogP contribution in [0.4, 0.5) is 0 Å². The van der Waals surface area contributed by atoms with E-state index in [4.69, 9.17) is 9.84 Å². The first kappa shape index (κ1) is 14.3. The minimum atomic E-state index is -0.0861. The second kappa shape index (κ2) is 8.62. The third kappa shape index (κ3) is 7.28. The molecule has 0 aliphatic rings. The lowest BCUT2D eigenvalue weighted by Gasteiger charge is -2.06. The molecule has 0 bridgehead atoms. The number of carbonyl (C=O) groups is 1. The van der Waals surface area contributed by atoms with Crippen LogP contribution in [-0.2, 0) is 9.53 Å². The predicted molar refractivity (Wildman–Crippen MR) is 60.7 cm³/mol. The van der Waals surface area contributed by atoms with Crippen molar-refractivity contribution in [1.29, 1.82) is 0 Å². The van der Waals surface area contributed by atoms with Gasteiger partial charge in [0.25, 0.3) is 0 Å². The van der Waals surface area contributed by atoms with Gasteiger partial charge in [-0.25, -0.2) is 0 Å². The summed E-state index contributed by atoms with van der Waals surface area (Å²) in [6.07, 6.45) is 3.00. The molecule has 1 unspecified atom stereocenters. The molecule has 0 amide bonds. The topological polar surface area (TPSA) is 46.5 Å². The minimum Gasteiger partial charge on any atom is -0.396 e. The lowest BCUT2D eigenvalue weighted by molar-refractivity contribution is -0.118. The van der Waals surface area contributed by atoms with E-state index in [2.05, 4.69) is 0 Å². The highest BCUT2D eigenvalue weighted by atomic mass is 16.5. The predicted octanol–water partition coefficient (Wildman–Crippen LogP) is 1.95. The zero-order chi connectivity index (χ0) is 11.7. The Morgan fingerprint density at radius 3 is 2.73 bits per heavy atom. The Labute approximate surface area is 92.1 Å². The Morgan fingerprint density at radius 2 is 2.20 bits per heavy atom. The number of hydrogen-bond donors (Lipinski definition) is 1. The number of hydrogen-bond acceptors (Lipinski definition) is 3. The molecule has 15 heavy (non-hydrogen) atoms. The van der Waals surface area contributed by atoms with Gasteiger partial charge in [-0.15, -0.1) is 0 Å². The van der Waals surface area contributed by atoms with Crippen LogP contribution in [0.25, 0.3) is 0 Å². The van der Waals surface area contributed by atoms with Crippen molar-refractivity contribution in [3.05, 3.63) is 11.6 Å². The van der Waals surface area contributed by atoms with Crippen LogP contribution in [0, 0.1) is 5.92 Å². The van der Waals surface area contributed by atoms with E-state index in [1.165, 1.54) is 0 Å². The molecular weight excluding hydrogens is 192 g/mol. The number of allylic oxidation sites excluding steroid dienone is 1. The molecule has 0 aliphatic carbocycles. The highest BCUT2D eigenvalue weighted by Gasteiger charge is 2.09. The third-order valence-electron chi connectivity index (χ3n) is 2.28. The van der Waals surface area contributed by atoms with E-state index in [0.29, 0.717) is 19.6 Å². The summed E-state index contributed by atoms with van der Waals surface area (Å²) in [7, 11) is 0. The molecule has 0 rings (SSSR count). The van der Waals surface area contributed by atoms with Gasteiger partial charge in [-0.2, -0.15) is 0 Å². The van der Waals surface area contributed by atoms with E-state index < -0.39 is 0 Å². The Morgan fingerprint density at radius 1 is 1.53 bits per heavy atom. The van der Waals surface area contributed by atoms with Gasteiger partial charge < -0.3 is 9.84 Å². The lowest BCUT2D eigenvalue weighted by Crippen LogP contribution is -2.10. The fraction of sp³-hybridized carbons (Fsp3) is 0.750. The molecule has 0 spiro atoms. The monoisotopic (exact) mass is 214 g/mol. The number of ketones is 1. The molecule has 0 saturated heterocycles. The maximum atomic E-state index is 11.5. The van der Waals surface area contributed by atoms with E-state index in [1.807, 2.05) is 20.8 Å². The molecule has 1 N–H and O–H groups in total. The average molecular weight is 214 g/mol. The van der Waals surface area contributed by atoms with Crippen LogP contribution in [0.1, 0.15) is 33.6 Å². The van der Waals surface area contributed by atoms with Crippen molar-refractivity contribution in [2.75, 3.05) is 19.8 Å². The summed E-state index contributed by atoms with van der Waals surface area (Å²) in [6, 6.07) is 0. The van der Waals surface area contributed by atoms with Crippen LogP contribution < -0.4 is 0 Å². The summed E-state index contributed by atoms with van der Waals surface area (Å²) in [5, 5.41) is 8.70. The van der Waals surface area contributed by atoms with E-state index in [0.717, 1.165) is 12.0 Å². The van der Waals surface area contributed by atoms with Crippen LogP contribution in [0.2, 0.25) is 0 Å². The van der Waals surface area contributed by atoms with Crippen molar-refractivity contribution in [3.63, 3.8) is 0 Å². The fourth-order valence-corrected chi connectivity index (χ4v) is 1.17. The van der Waals surface area contributed by atoms with E-state index in [1.54, 1.807) is 6.08 Å². The fourth-order valence-electron chi connectivity index (χ4n) is 1.17. The van der Waals surface area contributed by atoms with E-state index in [-0.39, 0.29) is 18.3 Å². The second-order valence-corrected chi connectivity index (χ2v) is 3.75. The van der Waals surface area contributed by atoms with Gasteiger partial charge in [0, 0.05) is 19.1 Å². The van der Waals surface area contributed by atoms with Crippen molar-refractivity contribution >= 4 is 5.78 Å². The molecule has 0 aromatic carbocycles. The van der Waals surface area contributed by atoms with Gasteiger partial charge in [0.2, 0.25) is 0 Å². The Balaban J connectivity index is 3.93. The smallest absolute Gasteiger partial charge is 0.158 e. The largest absolute Gasteiger partial charge is 0.396 e. The van der Waals surface area contributed by atoms with Gasteiger partial charge in [0.15, 0.2) is 5.78 Å². The summed E-state index contributed by atoms with van der Waals surface area (Å²) in [6.45, 7) is 7.17. The third-order valence-corrected chi connectivity index (χ3v) is 2.28. The number of carbonyl (C=O) groups excluding carboxylic acids is 1. The normalized spacial score (nSPS) is 14.0. The molecular formula is C12H22O3. The zero-order valence-electron chi connectivity index (χ0n) is 9.95. The first-order valence-electron chi connectivity index (χ1n) is 5.51. The van der Waals surface area contributed by atoms with Crippen LogP contribution in [0.15, 0.2) is 11.6 Å². The number of ether oxygens (including phenoxy) is 1. The molecule has 3 heteroatoms. The summed E-state index contributed by atoms with van der Waals surface area (Å²) in [5.41, 5.74) is 1.04. The van der Waals surface area contributed by atoms with Crippen molar-refractivity contribution < 1.29 is 14.6 Å². The highest BCUT2D eigenvalue weighted by molar-refractivity contribution is 5.91. The Hall–Kier alpha value is -0.670. The van der Waals surface area contributed by atoms with Gasteiger partial charge in [0.1, 0.15) is 0 Å². The van der Waals surface area contributed by atoms with Gasteiger partial charge in [-0.3, -0.25) is 4.79 Å². The minimum absolute atomic E-state index is 0.0682. The SMILES string of the molecule is CCOCCC(C)=CC(=O)C(C)CCO. The zero-order valence-corrected chi connectivity index (χ0v) is 9.95. The van der Waals surface area contributed by atoms with Gasteiger partial charge >= 0.3 is 0 Å². The standard InChI is InChI=1S/C12H22O3/c1-4-15-8-6-10(2)9-12(14)11(3)5-7-13/h9,11,13H,4-8H2,1-3H3. The summed E-state index contributed by atoms with van der Waals surface area (Å²) in [4.78, 5) is 11.5. The molecule has 0 fully saturated rings. The van der Waals surface area contributed by atoms with Crippen LogP contribution >= 0.6 is 0 Å². The summed E-state index contributed by atoms with van der Waals surface area (Å²) < 4.78 is 5.20. The highest BCUT2D eigenvalue weighted by Crippen LogP contribution is 2.07. The quantitative estimate of drug-likeness (QED) is 0.496. The second-order valence-electron chi connectivity index (χ2n) is 3.75. The molecule has 0 aliphatic heterocycles. The molecule has 0 radical (unpaired) electrons. The average Bonchev–Trinajstić information content (AvgIpc) is 2.18. The van der Waals surface area contributed by atoms with Crippen LogP contribution in [0.5, 0.6) is 0 Å². The van der Waals surface area contributed by atoms with E-state index in [9.17, 15) is 4.79 Å².